The van der Waals surface area contributed by atoms with Crippen LogP contribution in [0.2, 0.25) is 0 Å². The van der Waals surface area contributed by atoms with Gasteiger partial charge in [-0.2, -0.15) is 0 Å². The Bertz CT molecular complexity index is 1130. The van der Waals surface area contributed by atoms with E-state index in [1.807, 2.05) is 12.1 Å². The van der Waals surface area contributed by atoms with Gasteiger partial charge in [0.1, 0.15) is 11.6 Å². The van der Waals surface area contributed by atoms with Crippen LogP contribution in [0, 0.1) is 11.7 Å². The first-order valence-electron chi connectivity index (χ1n) is 12.5. The van der Waals surface area contributed by atoms with Crippen molar-refractivity contribution in [3.63, 3.8) is 0 Å². The largest absolute Gasteiger partial charge is 0.356 e. The highest BCUT2D eigenvalue weighted by Gasteiger charge is 2.29. The molecule has 0 saturated carbocycles. The highest BCUT2D eigenvalue weighted by Crippen LogP contribution is 2.25. The fourth-order valence-electron chi connectivity index (χ4n) is 5.09. The highest BCUT2D eigenvalue weighted by molar-refractivity contribution is 5.80. The SMILES string of the molecule is O=C(NC1CCN(Cc2ccccc2)CC1)C1CCCN(c2ccnc(-c3cccc(F)c3)n2)C1. The normalized spacial score (nSPS) is 19.5. The van der Waals surface area contributed by atoms with Crippen LogP contribution in [0.25, 0.3) is 11.4 Å². The Morgan fingerprint density at radius 2 is 1.83 bits per heavy atom. The van der Waals surface area contributed by atoms with E-state index in [1.165, 1.54) is 17.7 Å². The van der Waals surface area contributed by atoms with Gasteiger partial charge in [0.15, 0.2) is 5.82 Å². The molecule has 3 aromatic rings. The second-order valence-corrected chi connectivity index (χ2v) is 9.58. The molecule has 5 rings (SSSR count). The Balaban J connectivity index is 1.15. The van der Waals surface area contributed by atoms with Crippen LogP contribution < -0.4 is 10.2 Å². The maximum atomic E-state index is 13.6. The molecule has 0 spiro atoms. The van der Waals surface area contributed by atoms with Crippen molar-refractivity contribution in [3.8, 4) is 11.4 Å². The Hall–Kier alpha value is -3.32. The molecule has 1 unspecified atom stereocenters. The molecule has 2 fully saturated rings. The zero-order valence-electron chi connectivity index (χ0n) is 19.9. The van der Waals surface area contributed by atoms with Crippen LogP contribution in [0.3, 0.4) is 0 Å². The first kappa shape index (κ1) is 23.4. The molecule has 1 N–H and O–H groups in total. The molecule has 2 aromatic carbocycles. The van der Waals surface area contributed by atoms with Crippen LogP contribution >= 0.6 is 0 Å². The molecule has 2 aliphatic rings. The zero-order chi connectivity index (χ0) is 24.0. The number of hydrogen-bond donors (Lipinski definition) is 1. The standard InChI is InChI=1S/C28H32FN5O/c29-24-10-4-8-22(18-24)27-30-14-11-26(32-27)34-15-5-9-23(20-34)28(35)31-25-12-16-33(17-13-25)19-21-6-2-1-3-7-21/h1-4,6-8,10-11,14,18,23,25H,5,9,12-13,15-17,19-20H2,(H,31,35). The molecule has 0 bridgehead atoms. The lowest BCUT2D eigenvalue weighted by Crippen LogP contribution is -2.49. The monoisotopic (exact) mass is 473 g/mol. The Labute approximate surface area is 206 Å². The number of carbonyl (C=O) groups is 1. The first-order valence-corrected chi connectivity index (χ1v) is 12.5. The minimum atomic E-state index is -0.308. The molecular weight excluding hydrogens is 441 g/mol. The van der Waals surface area contributed by atoms with Gasteiger partial charge in [-0.15, -0.1) is 0 Å². The molecule has 182 valence electrons. The molecule has 1 atom stereocenters. The number of nitrogens with zero attached hydrogens (tertiary/aromatic N) is 4. The van der Waals surface area contributed by atoms with E-state index in [9.17, 15) is 9.18 Å². The van der Waals surface area contributed by atoms with Crippen molar-refractivity contribution in [1.82, 2.24) is 20.2 Å². The number of anilines is 1. The second kappa shape index (κ2) is 11.0. The molecule has 1 amide bonds. The summed E-state index contributed by atoms with van der Waals surface area (Å²) in [7, 11) is 0. The molecule has 2 saturated heterocycles. The van der Waals surface area contributed by atoms with Crippen LogP contribution in [0.15, 0.2) is 66.9 Å². The topological polar surface area (TPSA) is 61.4 Å². The van der Waals surface area contributed by atoms with Crippen molar-refractivity contribution in [2.45, 2.75) is 38.3 Å². The lowest BCUT2D eigenvalue weighted by molar-refractivity contribution is -0.126. The molecule has 3 heterocycles. The zero-order valence-corrected chi connectivity index (χ0v) is 19.9. The van der Waals surface area contributed by atoms with Crippen LogP contribution in [-0.4, -0.2) is 53.0 Å². The van der Waals surface area contributed by atoms with Gasteiger partial charge >= 0.3 is 0 Å². The maximum Gasteiger partial charge on any atom is 0.225 e. The summed E-state index contributed by atoms with van der Waals surface area (Å²) in [6.07, 6.45) is 5.50. The van der Waals surface area contributed by atoms with E-state index in [4.69, 9.17) is 0 Å². The van der Waals surface area contributed by atoms with Crippen molar-refractivity contribution < 1.29 is 9.18 Å². The van der Waals surface area contributed by atoms with Gasteiger partial charge in [0.2, 0.25) is 5.91 Å². The summed E-state index contributed by atoms with van der Waals surface area (Å²) in [6, 6.07) is 19.0. The second-order valence-electron chi connectivity index (χ2n) is 9.58. The van der Waals surface area contributed by atoms with Gasteiger partial charge in [-0.05, 0) is 49.4 Å². The minimum absolute atomic E-state index is 0.0568. The quantitative estimate of drug-likeness (QED) is 0.579. The Kier molecular flexibility index (Phi) is 7.33. The predicted molar refractivity (Wildman–Crippen MR) is 135 cm³/mol. The first-order chi connectivity index (χ1) is 17.1. The Morgan fingerprint density at radius 3 is 2.63 bits per heavy atom. The minimum Gasteiger partial charge on any atom is -0.356 e. The average Bonchev–Trinajstić information content (AvgIpc) is 2.90. The number of amides is 1. The summed E-state index contributed by atoms with van der Waals surface area (Å²) in [5.74, 6) is 1.06. The van der Waals surface area contributed by atoms with Crippen LogP contribution in [0.4, 0.5) is 10.2 Å². The number of aromatic nitrogens is 2. The van der Waals surface area contributed by atoms with Gasteiger partial charge in [0.25, 0.3) is 0 Å². The fraction of sp³-hybridized carbons (Fsp3) is 0.393. The Morgan fingerprint density at radius 1 is 1.00 bits per heavy atom. The van der Waals surface area contributed by atoms with E-state index in [1.54, 1.807) is 18.3 Å². The number of rotatable bonds is 6. The van der Waals surface area contributed by atoms with Crippen molar-refractivity contribution in [3.05, 3.63) is 78.2 Å². The maximum absolute atomic E-state index is 13.6. The molecule has 1 aromatic heterocycles. The highest BCUT2D eigenvalue weighted by atomic mass is 19.1. The molecule has 0 aliphatic carbocycles. The number of likely N-dealkylation sites (tertiary alicyclic amines) is 1. The van der Waals surface area contributed by atoms with Gasteiger partial charge in [-0.1, -0.05) is 42.5 Å². The van der Waals surface area contributed by atoms with Crippen molar-refractivity contribution in [2.75, 3.05) is 31.1 Å². The third kappa shape index (κ3) is 6.03. The van der Waals surface area contributed by atoms with Crippen molar-refractivity contribution in [2.24, 2.45) is 5.92 Å². The van der Waals surface area contributed by atoms with Crippen LogP contribution in [0.5, 0.6) is 0 Å². The summed E-state index contributed by atoms with van der Waals surface area (Å²) in [5, 5.41) is 3.32. The number of nitrogens with one attached hydrogen (secondary N) is 1. The average molecular weight is 474 g/mol. The van der Waals surface area contributed by atoms with Gasteiger partial charge in [0.05, 0.1) is 5.92 Å². The number of benzene rings is 2. The number of piperidine rings is 2. The van der Waals surface area contributed by atoms with Gasteiger partial charge in [-0.3, -0.25) is 9.69 Å². The molecule has 35 heavy (non-hydrogen) atoms. The van der Waals surface area contributed by atoms with Gasteiger partial charge in [0, 0.05) is 50.5 Å². The van der Waals surface area contributed by atoms with E-state index in [0.29, 0.717) is 17.9 Å². The van der Waals surface area contributed by atoms with Crippen molar-refractivity contribution in [1.29, 1.82) is 0 Å². The summed E-state index contributed by atoms with van der Waals surface area (Å²) >= 11 is 0. The lowest BCUT2D eigenvalue weighted by atomic mass is 9.95. The van der Waals surface area contributed by atoms with Crippen LogP contribution in [-0.2, 0) is 11.3 Å². The third-order valence-corrected chi connectivity index (χ3v) is 7.02. The van der Waals surface area contributed by atoms with E-state index < -0.39 is 0 Å². The lowest BCUT2D eigenvalue weighted by Gasteiger charge is -2.36. The van der Waals surface area contributed by atoms with Crippen molar-refractivity contribution >= 4 is 11.7 Å². The molecule has 6 nitrogen and oxygen atoms in total. The number of carbonyl (C=O) groups excluding carboxylic acids is 1. The summed E-state index contributed by atoms with van der Waals surface area (Å²) < 4.78 is 13.6. The van der Waals surface area contributed by atoms with Gasteiger partial charge in [-0.25, -0.2) is 14.4 Å². The van der Waals surface area contributed by atoms with E-state index in [2.05, 4.69) is 49.4 Å². The predicted octanol–water partition coefficient (Wildman–Crippen LogP) is 4.28. The summed E-state index contributed by atoms with van der Waals surface area (Å²) in [5.41, 5.74) is 1.99. The third-order valence-electron chi connectivity index (χ3n) is 7.02. The molecule has 7 heteroatoms. The number of halogens is 1. The van der Waals surface area contributed by atoms with E-state index in [0.717, 1.165) is 57.7 Å². The summed E-state index contributed by atoms with van der Waals surface area (Å²) in [6.45, 7) is 4.45. The molecule has 0 radical (unpaired) electrons. The number of hydrogen-bond acceptors (Lipinski definition) is 5. The molecule has 2 aliphatic heterocycles. The van der Waals surface area contributed by atoms with E-state index >= 15 is 0 Å². The smallest absolute Gasteiger partial charge is 0.225 e. The summed E-state index contributed by atoms with van der Waals surface area (Å²) in [4.78, 5) is 26.7. The molecular formula is C28H32FN5O. The van der Waals surface area contributed by atoms with Gasteiger partial charge < -0.3 is 10.2 Å². The van der Waals surface area contributed by atoms with E-state index in [-0.39, 0.29) is 23.7 Å². The fourth-order valence-corrected chi connectivity index (χ4v) is 5.09. The van der Waals surface area contributed by atoms with Crippen LogP contribution in [0.1, 0.15) is 31.2 Å².